The lowest BCUT2D eigenvalue weighted by atomic mass is 10.0. The molecule has 2 saturated heterocycles. The fourth-order valence-corrected chi connectivity index (χ4v) is 4.90. The number of carbonyl (C=O) groups excluding carboxylic acids is 2. The Morgan fingerprint density at radius 1 is 0.943 bits per heavy atom. The molecule has 2 amide bonds. The number of carbonyl (C=O) groups is 2. The van der Waals surface area contributed by atoms with Crippen molar-refractivity contribution in [2.24, 2.45) is 0 Å². The van der Waals surface area contributed by atoms with Crippen LogP contribution in [0, 0.1) is 13.8 Å². The second kappa shape index (κ2) is 10.1. The van der Waals surface area contributed by atoms with E-state index in [4.69, 9.17) is 9.26 Å². The fourth-order valence-electron chi connectivity index (χ4n) is 4.90. The summed E-state index contributed by atoms with van der Waals surface area (Å²) in [6.07, 6.45) is 2.20. The van der Waals surface area contributed by atoms with Crippen LogP contribution in [0.4, 0.5) is 0 Å². The number of aryl methyl sites for hydroxylation is 2. The molecule has 8 nitrogen and oxygen atoms in total. The van der Waals surface area contributed by atoms with Crippen molar-refractivity contribution in [3.05, 3.63) is 59.0 Å². The molecular formula is C27H32N4O4. The zero-order valence-corrected chi connectivity index (χ0v) is 20.5. The van der Waals surface area contributed by atoms with Crippen LogP contribution in [-0.4, -0.2) is 77.5 Å². The molecule has 0 saturated carbocycles. The van der Waals surface area contributed by atoms with Crippen LogP contribution in [-0.2, 0) is 11.4 Å². The molecule has 0 N–H and O–H groups in total. The lowest BCUT2D eigenvalue weighted by molar-refractivity contribution is -0.131. The highest BCUT2D eigenvalue weighted by Gasteiger charge is 2.27. The van der Waals surface area contributed by atoms with Gasteiger partial charge in [-0.15, -0.1) is 0 Å². The maximum atomic E-state index is 13.6. The molecule has 8 heteroatoms. The summed E-state index contributed by atoms with van der Waals surface area (Å²) in [6, 6.07) is 11.8. The van der Waals surface area contributed by atoms with Crippen molar-refractivity contribution in [2.45, 2.75) is 33.3 Å². The van der Waals surface area contributed by atoms with E-state index in [0.29, 0.717) is 44.0 Å². The number of aromatic nitrogens is 1. The van der Waals surface area contributed by atoms with Gasteiger partial charge in [0.15, 0.2) is 0 Å². The van der Waals surface area contributed by atoms with Gasteiger partial charge in [0.25, 0.3) is 5.91 Å². The molecule has 2 aliphatic heterocycles. The maximum absolute atomic E-state index is 13.6. The summed E-state index contributed by atoms with van der Waals surface area (Å²) >= 11 is 0. The van der Waals surface area contributed by atoms with Crippen LogP contribution < -0.4 is 4.74 Å². The van der Waals surface area contributed by atoms with E-state index in [1.807, 2.05) is 60.0 Å². The summed E-state index contributed by atoms with van der Waals surface area (Å²) in [7, 11) is 0. The van der Waals surface area contributed by atoms with Gasteiger partial charge >= 0.3 is 0 Å². The number of hydrogen-bond donors (Lipinski definition) is 0. The normalized spacial score (nSPS) is 16.7. The van der Waals surface area contributed by atoms with Crippen molar-refractivity contribution in [3.63, 3.8) is 0 Å². The number of fused-ring (bicyclic) bond motifs is 1. The highest BCUT2D eigenvalue weighted by atomic mass is 16.5. The van der Waals surface area contributed by atoms with Crippen LogP contribution >= 0.6 is 0 Å². The molecule has 5 rings (SSSR count). The molecule has 2 aromatic carbocycles. The Morgan fingerprint density at radius 2 is 1.63 bits per heavy atom. The number of nitrogens with zero attached hydrogens (tertiary/aromatic N) is 4. The monoisotopic (exact) mass is 476 g/mol. The maximum Gasteiger partial charge on any atom is 0.257 e. The summed E-state index contributed by atoms with van der Waals surface area (Å²) in [5, 5.41) is 6.01. The van der Waals surface area contributed by atoms with Crippen molar-refractivity contribution in [1.82, 2.24) is 19.9 Å². The second-order valence-corrected chi connectivity index (χ2v) is 9.44. The van der Waals surface area contributed by atoms with Gasteiger partial charge in [0, 0.05) is 39.3 Å². The predicted molar refractivity (Wildman–Crippen MR) is 132 cm³/mol. The van der Waals surface area contributed by atoms with E-state index in [1.165, 1.54) is 0 Å². The summed E-state index contributed by atoms with van der Waals surface area (Å²) in [5.74, 6) is 1.43. The topological polar surface area (TPSA) is 79.1 Å². The van der Waals surface area contributed by atoms with E-state index in [0.717, 1.165) is 53.7 Å². The first kappa shape index (κ1) is 23.4. The molecular weight excluding hydrogens is 444 g/mol. The summed E-state index contributed by atoms with van der Waals surface area (Å²) < 4.78 is 11.4. The molecule has 3 aromatic rings. The molecule has 35 heavy (non-hydrogen) atoms. The first-order valence-corrected chi connectivity index (χ1v) is 12.4. The third-order valence-electron chi connectivity index (χ3n) is 7.11. The average molecular weight is 477 g/mol. The van der Waals surface area contributed by atoms with Crippen LogP contribution in [0.5, 0.6) is 5.75 Å². The minimum absolute atomic E-state index is 0.0463. The van der Waals surface area contributed by atoms with Gasteiger partial charge < -0.3 is 19.1 Å². The summed E-state index contributed by atoms with van der Waals surface area (Å²) in [4.78, 5) is 32.1. The SMILES string of the molecule is Cc1noc(C)c1COc1cc2ccccc2cc1C(=O)N1CCN(CC(=O)N2CCCC2)CC1. The van der Waals surface area contributed by atoms with Gasteiger partial charge in [-0.05, 0) is 49.6 Å². The van der Waals surface area contributed by atoms with E-state index in [-0.39, 0.29) is 18.4 Å². The van der Waals surface area contributed by atoms with E-state index < -0.39 is 0 Å². The average Bonchev–Trinajstić information content (AvgIpc) is 3.52. The minimum Gasteiger partial charge on any atom is -0.488 e. The molecule has 0 radical (unpaired) electrons. The van der Waals surface area contributed by atoms with Crippen molar-refractivity contribution in [2.75, 3.05) is 45.8 Å². The van der Waals surface area contributed by atoms with Crippen LogP contribution in [0.25, 0.3) is 10.8 Å². The van der Waals surface area contributed by atoms with Gasteiger partial charge in [-0.1, -0.05) is 29.4 Å². The van der Waals surface area contributed by atoms with Crippen molar-refractivity contribution >= 4 is 22.6 Å². The predicted octanol–water partition coefficient (Wildman–Crippen LogP) is 3.40. The second-order valence-electron chi connectivity index (χ2n) is 9.44. The largest absolute Gasteiger partial charge is 0.488 e. The van der Waals surface area contributed by atoms with Crippen LogP contribution in [0.3, 0.4) is 0 Å². The Balaban J connectivity index is 1.30. The zero-order valence-electron chi connectivity index (χ0n) is 20.5. The Labute approximate surface area is 205 Å². The molecule has 0 unspecified atom stereocenters. The highest BCUT2D eigenvalue weighted by molar-refractivity contribution is 6.01. The highest BCUT2D eigenvalue weighted by Crippen LogP contribution is 2.29. The molecule has 1 aromatic heterocycles. The van der Waals surface area contributed by atoms with E-state index in [1.54, 1.807) is 0 Å². The van der Waals surface area contributed by atoms with Gasteiger partial charge in [-0.3, -0.25) is 14.5 Å². The smallest absolute Gasteiger partial charge is 0.257 e. The van der Waals surface area contributed by atoms with Crippen LogP contribution in [0.1, 0.15) is 40.2 Å². The number of likely N-dealkylation sites (tertiary alicyclic amines) is 1. The first-order valence-electron chi connectivity index (χ1n) is 12.4. The van der Waals surface area contributed by atoms with E-state index in [2.05, 4.69) is 10.1 Å². The molecule has 0 bridgehead atoms. The summed E-state index contributed by atoms with van der Waals surface area (Å²) in [5.41, 5.74) is 2.24. The molecule has 2 aliphatic rings. The fraction of sp³-hybridized carbons (Fsp3) is 0.444. The number of piperazine rings is 1. The molecule has 0 aliphatic carbocycles. The molecule has 184 valence electrons. The number of rotatable bonds is 6. The van der Waals surface area contributed by atoms with E-state index in [9.17, 15) is 9.59 Å². The number of ether oxygens (including phenoxy) is 1. The Morgan fingerprint density at radius 3 is 2.29 bits per heavy atom. The Hall–Kier alpha value is -3.39. The number of amides is 2. The van der Waals surface area contributed by atoms with Gasteiger partial charge in [0.05, 0.1) is 23.4 Å². The molecule has 3 heterocycles. The van der Waals surface area contributed by atoms with Crippen molar-refractivity contribution in [3.8, 4) is 5.75 Å². The van der Waals surface area contributed by atoms with Gasteiger partial charge in [-0.2, -0.15) is 0 Å². The zero-order chi connectivity index (χ0) is 24.4. The van der Waals surface area contributed by atoms with Gasteiger partial charge in [0.1, 0.15) is 18.1 Å². The lowest BCUT2D eigenvalue weighted by Crippen LogP contribution is -2.51. The van der Waals surface area contributed by atoms with E-state index >= 15 is 0 Å². The van der Waals surface area contributed by atoms with Crippen molar-refractivity contribution in [1.29, 1.82) is 0 Å². The third-order valence-corrected chi connectivity index (χ3v) is 7.11. The molecule has 0 atom stereocenters. The quantitative estimate of drug-likeness (QED) is 0.543. The number of benzene rings is 2. The molecule has 2 fully saturated rings. The van der Waals surface area contributed by atoms with Crippen molar-refractivity contribution < 1.29 is 18.8 Å². The van der Waals surface area contributed by atoms with Crippen LogP contribution in [0.15, 0.2) is 40.9 Å². The van der Waals surface area contributed by atoms with Gasteiger partial charge in [0.2, 0.25) is 5.91 Å². The summed E-state index contributed by atoms with van der Waals surface area (Å²) in [6.45, 7) is 8.75. The Kier molecular flexibility index (Phi) is 6.72. The van der Waals surface area contributed by atoms with Gasteiger partial charge in [-0.25, -0.2) is 0 Å². The third kappa shape index (κ3) is 5.03. The van der Waals surface area contributed by atoms with Crippen LogP contribution in [0.2, 0.25) is 0 Å². The standard InChI is InChI=1S/C27H32N4O4/c1-19-24(20(2)35-28-19)18-34-25-16-22-8-4-3-7-21(22)15-23(25)27(33)31-13-11-29(12-14-31)17-26(32)30-9-5-6-10-30/h3-4,7-8,15-16H,5-6,9-14,17-18H2,1-2H3. The lowest BCUT2D eigenvalue weighted by Gasteiger charge is -2.35. The molecule has 0 spiro atoms. The Bertz CT molecular complexity index is 1200. The minimum atomic E-state index is -0.0463. The number of hydrogen-bond acceptors (Lipinski definition) is 6. The first-order chi connectivity index (χ1) is 17.0.